The van der Waals surface area contributed by atoms with Gasteiger partial charge in [-0.2, -0.15) is 0 Å². The number of nitrogens with zero attached hydrogens (tertiary/aromatic N) is 3. The second-order valence-corrected chi connectivity index (χ2v) is 5.36. The van der Waals surface area contributed by atoms with E-state index in [0.29, 0.717) is 5.02 Å². The summed E-state index contributed by atoms with van der Waals surface area (Å²) in [4.78, 5) is 0. The Bertz CT molecular complexity index is 541. The molecule has 0 radical (unpaired) electrons. The molecule has 0 saturated heterocycles. The number of benzene rings is 1. The largest absolute Gasteiger partial charge is 0.313 e. The fourth-order valence-corrected chi connectivity index (χ4v) is 2.33. The zero-order chi connectivity index (χ0) is 13.1. The molecule has 0 fully saturated rings. The van der Waals surface area contributed by atoms with Crippen LogP contribution in [-0.4, -0.2) is 22.0 Å². The van der Waals surface area contributed by atoms with Crippen molar-refractivity contribution in [3.63, 3.8) is 0 Å². The smallest absolute Gasteiger partial charge is 0.0845 e. The molecule has 6 heteroatoms. The molecule has 2 rings (SSSR count). The topological polar surface area (TPSA) is 42.7 Å². The molecule has 0 spiro atoms. The van der Waals surface area contributed by atoms with Crippen molar-refractivity contribution in [2.24, 2.45) is 7.05 Å². The minimum Gasteiger partial charge on any atom is -0.313 e. The Labute approximate surface area is 119 Å². The van der Waals surface area contributed by atoms with Crippen molar-refractivity contribution in [2.45, 2.75) is 12.5 Å². The predicted molar refractivity (Wildman–Crippen MR) is 75.7 cm³/mol. The first-order valence-corrected chi connectivity index (χ1v) is 6.74. The van der Waals surface area contributed by atoms with Gasteiger partial charge in [-0.15, -0.1) is 5.10 Å². The molecule has 1 unspecified atom stereocenters. The number of nitrogens with one attached hydrogen (secondary N) is 1. The van der Waals surface area contributed by atoms with Crippen LogP contribution in [0.3, 0.4) is 0 Å². The van der Waals surface area contributed by atoms with E-state index in [4.69, 9.17) is 11.6 Å². The van der Waals surface area contributed by atoms with Crippen LogP contribution >= 0.6 is 27.5 Å². The van der Waals surface area contributed by atoms with Crippen molar-refractivity contribution in [1.29, 1.82) is 0 Å². The summed E-state index contributed by atoms with van der Waals surface area (Å²) < 4.78 is 2.61. The van der Waals surface area contributed by atoms with Crippen molar-refractivity contribution in [3.8, 4) is 0 Å². The Morgan fingerprint density at radius 3 is 2.83 bits per heavy atom. The lowest BCUT2D eigenvalue weighted by atomic mass is 10.0. The third-order valence-corrected chi connectivity index (χ3v) is 3.97. The Morgan fingerprint density at radius 1 is 1.50 bits per heavy atom. The lowest BCUT2D eigenvalue weighted by Gasteiger charge is -2.15. The van der Waals surface area contributed by atoms with Crippen LogP contribution in [-0.2, 0) is 13.5 Å². The number of hydrogen-bond donors (Lipinski definition) is 1. The summed E-state index contributed by atoms with van der Waals surface area (Å²) >= 11 is 9.44. The first-order valence-electron chi connectivity index (χ1n) is 5.57. The monoisotopic (exact) mass is 328 g/mol. The molecule has 18 heavy (non-hydrogen) atoms. The highest BCUT2D eigenvalue weighted by molar-refractivity contribution is 9.10. The standard InChI is InChI=1S/C12H14BrClN4/c1-15-12(6-9-7-18(2)17-16-9)8-3-4-11(14)10(13)5-8/h3-5,7,12,15H,6H2,1-2H3. The Balaban J connectivity index is 2.19. The average Bonchev–Trinajstić information content (AvgIpc) is 2.75. The first kappa shape index (κ1) is 13.5. The maximum absolute atomic E-state index is 6.00. The van der Waals surface area contributed by atoms with Crippen LogP contribution in [0.4, 0.5) is 0 Å². The Morgan fingerprint density at radius 2 is 2.28 bits per heavy atom. The molecular formula is C12H14BrClN4. The lowest BCUT2D eigenvalue weighted by Crippen LogP contribution is -2.19. The summed E-state index contributed by atoms with van der Waals surface area (Å²) in [5, 5.41) is 12.0. The van der Waals surface area contributed by atoms with Crippen LogP contribution in [0.2, 0.25) is 5.02 Å². The van der Waals surface area contributed by atoms with Gasteiger partial charge in [-0.3, -0.25) is 4.68 Å². The molecule has 1 aromatic heterocycles. The van der Waals surface area contributed by atoms with E-state index >= 15 is 0 Å². The van der Waals surface area contributed by atoms with Crippen LogP contribution in [0.1, 0.15) is 17.3 Å². The molecule has 0 aliphatic carbocycles. The summed E-state index contributed by atoms with van der Waals surface area (Å²) in [7, 11) is 3.80. The molecule has 4 nitrogen and oxygen atoms in total. The zero-order valence-corrected chi connectivity index (χ0v) is 12.5. The van der Waals surface area contributed by atoms with Crippen molar-refractivity contribution < 1.29 is 0 Å². The van der Waals surface area contributed by atoms with E-state index in [1.54, 1.807) is 4.68 Å². The van der Waals surface area contributed by atoms with E-state index in [2.05, 4.69) is 31.6 Å². The van der Waals surface area contributed by atoms with Crippen LogP contribution in [0.15, 0.2) is 28.9 Å². The van der Waals surface area contributed by atoms with E-state index in [9.17, 15) is 0 Å². The number of hydrogen-bond acceptors (Lipinski definition) is 3. The van der Waals surface area contributed by atoms with Crippen LogP contribution in [0.25, 0.3) is 0 Å². The molecule has 0 amide bonds. The molecule has 0 bridgehead atoms. The highest BCUT2D eigenvalue weighted by Crippen LogP contribution is 2.27. The molecule has 96 valence electrons. The number of likely N-dealkylation sites (N-methyl/N-ethyl adjacent to an activating group) is 1. The first-order chi connectivity index (χ1) is 8.60. The second kappa shape index (κ2) is 5.82. The molecule has 0 aliphatic heterocycles. The quantitative estimate of drug-likeness (QED) is 0.938. The van der Waals surface area contributed by atoms with Crippen molar-refractivity contribution in [3.05, 3.63) is 45.1 Å². The van der Waals surface area contributed by atoms with Crippen molar-refractivity contribution in [1.82, 2.24) is 20.3 Å². The predicted octanol–water partition coefficient (Wildman–Crippen LogP) is 2.73. The summed E-state index contributed by atoms with van der Waals surface area (Å²) in [5.41, 5.74) is 2.13. The van der Waals surface area contributed by atoms with Crippen LogP contribution < -0.4 is 5.32 Å². The van der Waals surface area contributed by atoms with E-state index in [0.717, 1.165) is 16.6 Å². The number of aryl methyl sites for hydroxylation is 1. The van der Waals surface area contributed by atoms with Gasteiger partial charge in [0.2, 0.25) is 0 Å². The second-order valence-electron chi connectivity index (χ2n) is 4.10. The number of aromatic nitrogens is 3. The molecule has 1 N–H and O–H groups in total. The van der Waals surface area contributed by atoms with Gasteiger partial charge >= 0.3 is 0 Å². The number of halogens is 2. The summed E-state index contributed by atoms with van der Waals surface area (Å²) in [6.45, 7) is 0. The van der Waals surface area contributed by atoms with E-state index in [-0.39, 0.29) is 6.04 Å². The van der Waals surface area contributed by atoms with Gasteiger partial charge in [0.25, 0.3) is 0 Å². The fourth-order valence-electron chi connectivity index (χ4n) is 1.81. The van der Waals surface area contributed by atoms with Gasteiger partial charge in [0, 0.05) is 30.2 Å². The van der Waals surface area contributed by atoms with Gasteiger partial charge in [0.1, 0.15) is 0 Å². The van der Waals surface area contributed by atoms with Gasteiger partial charge in [0.05, 0.1) is 10.7 Å². The Kier molecular flexibility index (Phi) is 4.37. The van der Waals surface area contributed by atoms with E-state index in [1.165, 1.54) is 5.56 Å². The fraction of sp³-hybridized carbons (Fsp3) is 0.333. The van der Waals surface area contributed by atoms with Crippen LogP contribution in [0, 0.1) is 0 Å². The summed E-state index contributed by atoms with van der Waals surface area (Å²) in [6.07, 6.45) is 2.72. The molecule has 1 aromatic carbocycles. The minimum absolute atomic E-state index is 0.190. The number of rotatable bonds is 4. The maximum Gasteiger partial charge on any atom is 0.0845 e. The normalized spacial score (nSPS) is 12.7. The zero-order valence-electron chi connectivity index (χ0n) is 10.2. The third-order valence-electron chi connectivity index (χ3n) is 2.76. The summed E-state index contributed by atoms with van der Waals surface area (Å²) in [5.74, 6) is 0. The van der Waals surface area contributed by atoms with Crippen LogP contribution in [0.5, 0.6) is 0 Å². The molecule has 0 saturated carbocycles. The molecule has 2 aromatic rings. The summed E-state index contributed by atoms with van der Waals surface area (Å²) in [6, 6.07) is 6.13. The highest BCUT2D eigenvalue weighted by Gasteiger charge is 2.13. The highest BCUT2D eigenvalue weighted by atomic mass is 79.9. The van der Waals surface area contributed by atoms with Crippen molar-refractivity contribution >= 4 is 27.5 Å². The van der Waals surface area contributed by atoms with Gasteiger partial charge in [0.15, 0.2) is 0 Å². The van der Waals surface area contributed by atoms with Gasteiger partial charge in [-0.05, 0) is 40.7 Å². The molecular weight excluding hydrogens is 316 g/mol. The molecule has 1 heterocycles. The van der Waals surface area contributed by atoms with Gasteiger partial charge in [-0.25, -0.2) is 0 Å². The molecule has 0 aliphatic rings. The third kappa shape index (κ3) is 3.10. The minimum atomic E-state index is 0.190. The maximum atomic E-state index is 6.00. The van der Waals surface area contributed by atoms with Crippen molar-refractivity contribution in [2.75, 3.05) is 7.05 Å². The molecule has 1 atom stereocenters. The average molecular weight is 330 g/mol. The van der Waals surface area contributed by atoms with Gasteiger partial charge < -0.3 is 5.32 Å². The van der Waals surface area contributed by atoms with E-state index < -0.39 is 0 Å². The van der Waals surface area contributed by atoms with E-state index in [1.807, 2.05) is 38.5 Å². The Hall–Kier alpha value is -0.910. The SMILES string of the molecule is CNC(Cc1cn(C)nn1)c1ccc(Cl)c(Br)c1. The lowest BCUT2D eigenvalue weighted by molar-refractivity contribution is 0.583. The van der Waals surface area contributed by atoms with Gasteiger partial charge in [-0.1, -0.05) is 22.9 Å².